The van der Waals surface area contributed by atoms with Gasteiger partial charge in [0.15, 0.2) is 0 Å². The van der Waals surface area contributed by atoms with Crippen LogP contribution < -0.4 is 9.80 Å². The van der Waals surface area contributed by atoms with E-state index in [2.05, 4.69) is 279 Å². The molecule has 0 amide bonds. The molecule has 11 aromatic carbocycles. The Balaban J connectivity index is 0.980. The van der Waals surface area contributed by atoms with Gasteiger partial charge in [-0.1, -0.05) is 163 Å². The standard InChI is InChI=1S/C74H54N4S2/c1-73(2,3)43-31-35-57-55(39-43)67-59(75(45-19-9-7-10-20-45)61-27-17-25-51-47-23-13-15-29-65(47)79-71(51)61)37-33-49-53-42-64-54(41-63(53)77(57)69(49)67)50-34-38-60(68-56-40-44(74(4,5)6)32-36-58(56)78(64)70(50)68)76(46-21-11-8-12-22-46)62-28-18-26-52-48-24-14-16-30-66(48)80-72(52)62/h7-42H,1-6H3. The Hall–Kier alpha value is -8.94. The van der Waals surface area contributed by atoms with E-state index in [1.807, 2.05) is 22.7 Å². The van der Waals surface area contributed by atoms with E-state index in [1.54, 1.807) is 0 Å². The van der Waals surface area contributed by atoms with Crippen LogP contribution in [0.15, 0.2) is 218 Å². The van der Waals surface area contributed by atoms with Gasteiger partial charge in [-0.15, -0.1) is 22.7 Å². The molecule has 0 aliphatic carbocycles. The Morgan fingerprint density at radius 3 is 1.12 bits per heavy atom. The number of thiophene rings is 2. The molecule has 0 aliphatic rings. The van der Waals surface area contributed by atoms with Gasteiger partial charge in [0.1, 0.15) is 0 Å². The molecule has 0 bridgehead atoms. The largest absolute Gasteiger partial charge is 0.308 e. The van der Waals surface area contributed by atoms with Crippen LogP contribution in [-0.2, 0) is 10.8 Å². The third-order valence-corrected chi connectivity index (χ3v) is 19.9. The van der Waals surface area contributed by atoms with Crippen LogP contribution in [0.2, 0.25) is 0 Å². The van der Waals surface area contributed by atoms with E-state index in [-0.39, 0.29) is 10.8 Å². The minimum atomic E-state index is -0.0487. The number of hydrogen-bond acceptors (Lipinski definition) is 4. The summed E-state index contributed by atoms with van der Waals surface area (Å²) in [5.41, 5.74) is 17.0. The molecule has 0 aliphatic heterocycles. The van der Waals surface area contributed by atoms with Crippen LogP contribution in [0.3, 0.4) is 0 Å². The first-order valence-electron chi connectivity index (χ1n) is 27.9. The highest BCUT2D eigenvalue weighted by Gasteiger charge is 2.31. The Labute approximate surface area is 470 Å². The maximum absolute atomic E-state index is 2.60. The van der Waals surface area contributed by atoms with E-state index in [0.29, 0.717) is 0 Å². The third-order valence-electron chi connectivity index (χ3n) is 17.4. The molecule has 382 valence electrons. The topological polar surface area (TPSA) is 15.3 Å². The molecule has 6 heterocycles. The molecule has 6 aromatic heterocycles. The van der Waals surface area contributed by atoms with Crippen molar-refractivity contribution >= 4 is 173 Å². The van der Waals surface area contributed by atoms with Crippen molar-refractivity contribution in [1.82, 2.24) is 8.80 Å². The lowest BCUT2D eigenvalue weighted by molar-refractivity contribution is 0.591. The zero-order chi connectivity index (χ0) is 53.5. The first kappa shape index (κ1) is 46.0. The highest BCUT2D eigenvalue weighted by atomic mass is 32.1. The maximum Gasteiger partial charge on any atom is 0.0641 e. The quantitative estimate of drug-likeness (QED) is 0.165. The summed E-state index contributed by atoms with van der Waals surface area (Å²) >= 11 is 3.78. The van der Waals surface area contributed by atoms with Crippen molar-refractivity contribution < 1.29 is 0 Å². The average molecular weight is 1060 g/mol. The highest BCUT2D eigenvalue weighted by molar-refractivity contribution is 7.26. The summed E-state index contributed by atoms with van der Waals surface area (Å²) in [6.45, 7) is 14.0. The predicted octanol–water partition coefficient (Wildman–Crippen LogP) is 22.3. The molecule has 17 rings (SSSR count). The van der Waals surface area contributed by atoms with Crippen molar-refractivity contribution in [1.29, 1.82) is 0 Å². The second kappa shape index (κ2) is 16.3. The average Bonchev–Trinajstić information content (AvgIpc) is 4.43. The molecular formula is C74H54N4S2. The minimum Gasteiger partial charge on any atom is -0.308 e. The van der Waals surface area contributed by atoms with Crippen LogP contribution in [0.5, 0.6) is 0 Å². The van der Waals surface area contributed by atoms with Crippen LogP contribution >= 0.6 is 22.7 Å². The molecule has 0 atom stereocenters. The summed E-state index contributed by atoms with van der Waals surface area (Å²) in [6, 6.07) is 82.7. The highest BCUT2D eigenvalue weighted by Crippen LogP contribution is 2.54. The molecule has 0 N–H and O–H groups in total. The number of aromatic nitrogens is 2. The van der Waals surface area contributed by atoms with E-state index < -0.39 is 0 Å². The lowest BCUT2D eigenvalue weighted by Crippen LogP contribution is -2.11. The maximum atomic E-state index is 2.60. The first-order valence-corrected chi connectivity index (χ1v) is 29.5. The van der Waals surface area contributed by atoms with Gasteiger partial charge >= 0.3 is 0 Å². The monoisotopic (exact) mass is 1060 g/mol. The van der Waals surface area contributed by atoms with Crippen LogP contribution in [0.1, 0.15) is 52.7 Å². The van der Waals surface area contributed by atoms with Gasteiger partial charge in [0.05, 0.1) is 65.2 Å². The van der Waals surface area contributed by atoms with Crippen molar-refractivity contribution in [3.8, 4) is 0 Å². The Kier molecular flexibility index (Phi) is 9.39. The van der Waals surface area contributed by atoms with Crippen molar-refractivity contribution in [2.45, 2.75) is 52.4 Å². The van der Waals surface area contributed by atoms with Crippen LogP contribution in [0, 0.1) is 0 Å². The fourth-order valence-corrected chi connectivity index (χ4v) is 16.1. The smallest absolute Gasteiger partial charge is 0.0641 e. The molecule has 6 heteroatoms. The zero-order valence-corrected chi connectivity index (χ0v) is 47.0. The fourth-order valence-electron chi connectivity index (χ4n) is 13.7. The van der Waals surface area contributed by atoms with E-state index in [4.69, 9.17) is 0 Å². The molecule has 0 fully saturated rings. The molecule has 0 saturated heterocycles. The van der Waals surface area contributed by atoms with Gasteiger partial charge in [0.25, 0.3) is 0 Å². The van der Waals surface area contributed by atoms with E-state index in [9.17, 15) is 0 Å². The molecule has 4 nitrogen and oxygen atoms in total. The number of anilines is 6. The fraction of sp³-hybridized carbons (Fsp3) is 0.108. The first-order chi connectivity index (χ1) is 39.0. The zero-order valence-electron chi connectivity index (χ0n) is 45.4. The minimum absolute atomic E-state index is 0.0487. The molecule has 0 radical (unpaired) electrons. The van der Waals surface area contributed by atoms with Crippen molar-refractivity contribution in [2.75, 3.05) is 9.80 Å². The second-order valence-corrected chi connectivity index (χ2v) is 26.2. The SMILES string of the molecule is CC(C)(C)c1ccc2c(c1)c1c(N(c3ccccc3)c3cccc4c3sc3ccccc34)ccc3c4cc5c(cc4n2c31)c1ccc(N(c2ccccc2)c2cccc3c2sc2ccccc23)c2c3cc(C(C)(C)C)ccc3n5c12. The Morgan fingerprint density at radius 2 is 0.700 bits per heavy atom. The summed E-state index contributed by atoms with van der Waals surface area (Å²) in [5.74, 6) is 0. The summed E-state index contributed by atoms with van der Waals surface area (Å²) in [7, 11) is 0. The van der Waals surface area contributed by atoms with Crippen molar-refractivity contribution in [3.05, 3.63) is 230 Å². The van der Waals surface area contributed by atoms with Gasteiger partial charge in [0.2, 0.25) is 0 Å². The van der Waals surface area contributed by atoms with Gasteiger partial charge in [-0.2, -0.15) is 0 Å². The van der Waals surface area contributed by atoms with Crippen LogP contribution in [0.25, 0.3) is 117 Å². The molecule has 80 heavy (non-hydrogen) atoms. The van der Waals surface area contributed by atoms with Gasteiger partial charge in [-0.05, 0) is 119 Å². The molecule has 0 saturated carbocycles. The van der Waals surface area contributed by atoms with E-state index in [1.165, 1.54) is 150 Å². The van der Waals surface area contributed by atoms with Gasteiger partial charge < -0.3 is 18.6 Å². The summed E-state index contributed by atoms with van der Waals surface area (Å²) < 4.78 is 10.4. The van der Waals surface area contributed by atoms with Gasteiger partial charge in [-0.3, -0.25) is 0 Å². The number of hydrogen-bond donors (Lipinski definition) is 0. The number of fused-ring (bicyclic) bond motifs is 18. The lowest BCUT2D eigenvalue weighted by Gasteiger charge is -2.27. The number of benzene rings is 11. The normalized spacial score (nSPS) is 12.9. The molecule has 0 unspecified atom stereocenters. The summed E-state index contributed by atoms with van der Waals surface area (Å²) in [5, 5.41) is 15.3. The van der Waals surface area contributed by atoms with E-state index >= 15 is 0 Å². The number of para-hydroxylation sites is 2. The summed E-state index contributed by atoms with van der Waals surface area (Å²) in [4.78, 5) is 5.07. The van der Waals surface area contributed by atoms with Gasteiger partial charge in [-0.25, -0.2) is 0 Å². The lowest BCUT2D eigenvalue weighted by atomic mass is 9.86. The molecule has 17 aromatic rings. The van der Waals surface area contributed by atoms with Crippen LogP contribution in [0.4, 0.5) is 34.1 Å². The van der Waals surface area contributed by atoms with E-state index in [0.717, 1.165) is 11.4 Å². The Bertz CT molecular complexity index is 5050. The Morgan fingerprint density at radius 1 is 0.300 bits per heavy atom. The van der Waals surface area contributed by atoms with Crippen molar-refractivity contribution in [2.24, 2.45) is 0 Å². The number of rotatable bonds is 6. The molecular weight excluding hydrogens is 1010 g/mol. The van der Waals surface area contributed by atoms with Crippen molar-refractivity contribution in [3.63, 3.8) is 0 Å². The summed E-state index contributed by atoms with van der Waals surface area (Å²) in [6.07, 6.45) is 0. The third kappa shape index (κ3) is 6.32. The predicted molar refractivity (Wildman–Crippen MR) is 348 cm³/mol. The number of nitrogens with zero attached hydrogens (tertiary/aromatic N) is 4. The second-order valence-electron chi connectivity index (χ2n) is 24.1. The van der Waals surface area contributed by atoms with Crippen LogP contribution in [-0.4, -0.2) is 8.80 Å². The van der Waals surface area contributed by atoms with Gasteiger partial charge in [0, 0.05) is 85.4 Å². The molecule has 0 spiro atoms.